The SMILES string of the molecule is COc1ccc([N+](=O)[O-])cc1NC(=O)C(C)OC(=O)CCSc1ccc(C)c(C)c1. The summed E-state index contributed by atoms with van der Waals surface area (Å²) in [6.45, 7) is 5.51. The summed E-state index contributed by atoms with van der Waals surface area (Å²) in [5.74, 6) is -0.324. The number of amides is 1. The third-order valence-corrected chi connectivity index (χ3v) is 5.38. The average Bonchev–Trinajstić information content (AvgIpc) is 2.70. The van der Waals surface area contributed by atoms with Crippen molar-refractivity contribution in [2.24, 2.45) is 0 Å². The Kier molecular flexibility index (Phi) is 8.23. The van der Waals surface area contributed by atoms with Crippen molar-refractivity contribution in [3.63, 3.8) is 0 Å². The number of nitro benzene ring substituents is 1. The zero-order valence-corrected chi connectivity index (χ0v) is 18.1. The zero-order valence-electron chi connectivity index (χ0n) is 17.3. The van der Waals surface area contributed by atoms with Gasteiger partial charge >= 0.3 is 5.97 Å². The molecule has 0 spiro atoms. The molecule has 2 rings (SSSR count). The molecule has 30 heavy (non-hydrogen) atoms. The quantitative estimate of drug-likeness (QED) is 0.273. The minimum Gasteiger partial charge on any atom is -0.495 e. The Balaban J connectivity index is 1.87. The molecule has 0 fully saturated rings. The predicted octanol–water partition coefficient (Wildman–Crippen LogP) is 4.27. The molecule has 0 bridgehead atoms. The van der Waals surface area contributed by atoms with E-state index in [-0.39, 0.29) is 23.5 Å². The van der Waals surface area contributed by atoms with Gasteiger partial charge in [-0.2, -0.15) is 0 Å². The summed E-state index contributed by atoms with van der Waals surface area (Å²) in [5, 5.41) is 13.4. The number of rotatable bonds is 9. The number of carbonyl (C=O) groups excluding carboxylic acids is 2. The number of carbonyl (C=O) groups is 2. The Morgan fingerprint density at radius 2 is 1.90 bits per heavy atom. The lowest BCUT2D eigenvalue weighted by Gasteiger charge is -2.15. The van der Waals surface area contributed by atoms with Crippen LogP contribution in [0.3, 0.4) is 0 Å². The number of nitro groups is 1. The maximum absolute atomic E-state index is 12.3. The maximum Gasteiger partial charge on any atom is 0.307 e. The van der Waals surface area contributed by atoms with E-state index in [9.17, 15) is 19.7 Å². The Labute approximate surface area is 179 Å². The number of ether oxygens (including phenoxy) is 2. The van der Waals surface area contributed by atoms with E-state index < -0.39 is 22.9 Å². The molecule has 1 N–H and O–H groups in total. The summed E-state index contributed by atoms with van der Waals surface area (Å²) in [4.78, 5) is 35.8. The molecule has 2 aromatic carbocycles. The van der Waals surface area contributed by atoms with Crippen LogP contribution in [0.4, 0.5) is 11.4 Å². The molecule has 0 aliphatic rings. The molecule has 0 saturated heterocycles. The molecule has 2 aromatic rings. The number of non-ortho nitro benzene ring substituents is 1. The van der Waals surface area contributed by atoms with Gasteiger partial charge in [0.05, 0.1) is 24.1 Å². The van der Waals surface area contributed by atoms with Gasteiger partial charge in [-0.3, -0.25) is 19.7 Å². The number of nitrogens with zero attached hydrogens (tertiary/aromatic N) is 1. The minimum atomic E-state index is -1.06. The average molecular weight is 432 g/mol. The Morgan fingerprint density at radius 3 is 2.53 bits per heavy atom. The van der Waals surface area contributed by atoms with Crippen LogP contribution in [0.15, 0.2) is 41.3 Å². The van der Waals surface area contributed by atoms with Gasteiger partial charge in [0, 0.05) is 22.8 Å². The van der Waals surface area contributed by atoms with Crippen LogP contribution >= 0.6 is 11.8 Å². The molecule has 0 aliphatic carbocycles. The molecule has 0 aromatic heterocycles. The number of hydrogen-bond acceptors (Lipinski definition) is 7. The van der Waals surface area contributed by atoms with Gasteiger partial charge in [-0.05, 0) is 50.1 Å². The number of benzene rings is 2. The summed E-state index contributed by atoms with van der Waals surface area (Å²) in [6, 6.07) is 9.93. The highest BCUT2D eigenvalue weighted by Gasteiger charge is 2.20. The first-order valence-corrected chi connectivity index (χ1v) is 10.2. The number of aryl methyl sites for hydroxylation is 2. The van der Waals surface area contributed by atoms with E-state index in [1.54, 1.807) is 0 Å². The van der Waals surface area contributed by atoms with Crippen LogP contribution in [0.25, 0.3) is 0 Å². The van der Waals surface area contributed by atoms with Crippen LogP contribution in [-0.2, 0) is 14.3 Å². The first kappa shape index (κ1) is 23.2. The summed E-state index contributed by atoms with van der Waals surface area (Å²) in [6.07, 6.45) is -0.914. The number of anilines is 1. The largest absolute Gasteiger partial charge is 0.495 e. The van der Waals surface area contributed by atoms with Crippen molar-refractivity contribution >= 4 is 35.0 Å². The number of thioether (sulfide) groups is 1. The van der Waals surface area contributed by atoms with E-state index in [0.29, 0.717) is 5.75 Å². The Morgan fingerprint density at radius 1 is 1.17 bits per heavy atom. The monoisotopic (exact) mass is 432 g/mol. The highest BCUT2D eigenvalue weighted by atomic mass is 32.2. The number of methoxy groups -OCH3 is 1. The fourth-order valence-corrected chi connectivity index (χ4v) is 3.44. The van der Waals surface area contributed by atoms with Crippen LogP contribution in [0.1, 0.15) is 24.5 Å². The van der Waals surface area contributed by atoms with Crippen LogP contribution in [0.2, 0.25) is 0 Å². The normalized spacial score (nSPS) is 11.5. The summed E-state index contributed by atoms with van der Waals surface area (Å²) in [7, 11) is 1.38. The van der Waals surface area contributed by atoms with E-state index in [0.717, 1.165) is 4.90 Å². The van der Waals surface area contributed by atoms with Crippen LogP contribution in [0.5, 0.6) is 5.75 Å². The topological polar surface area (TPSA) is 108 Å². The highest BCUT2D eigenvalue weighted by molar-refractivity contribution is 7.99. The van der Waals surface area contributed by atoms with Crippen LogP contribution < -0.4 is 10.1 Å². The number of hydrogen-bond donors (Lipinski definition) is 1. The second-order valence-corrected chi connectivity index (χ2v) is 7.78. The lowest BCUT2D eigenvalue weighted by molar-refractivity contribution is -0.384. The van der Waals surface area contributed by atoms with Gasteiger partial charge in [0.1, 0.15) is 5.75 Å². The molecular formula is C21H24N2O6S. The second-order valence-electron chi connectivity index (χ2n) is 6.61. The molecule has 1 atom stereocenters. The summed E-state index contributed by atoms with van der Waals surface area (Å²) in [5.41, 5.74) is 2.33. The molecule has 8 nitrogen and oxygen atoms in total. The van der Waals surface area contributed by atoms with Crippen molar-refractivity contribution < 1.29 is 24.0 Å². The smallest absolute Gasteiger partial charge is 0.307 e. The molecule has 160 valence electrons. The second kappa shape index (κ2) is 10.6. The van der Waals surface area contributed by atoms with Gasteiger partial charge in [0.2, 0.25) is 0 Å². The van der Waals surface area contributed by atoms with E-state index in [1.165, 1.54) is 55.1 Å². The van der Waals surface area contributed by atoms with Crippen LogP contribution in [-0.4, -0.2) is 35.8 Å². The first-order chi connectivity index (χ1) is 14.2. The van der Waals surface area contributed by atoms with Crippen molar-refractivity contribution in [2.45, 2.75) is 38.2 Å². The summed E-state index contributed by atoms with van der Waals surface area (Å²) < 4.78 is 10.3. The van der Waals surface area contributed by atoms with Crippen molar-refractivity contribution in [1.82, 2.24) is 0 Å². The lowest BCUT2D eigenvalue weighted by atomic mass is 10.1. The van der Waals surface area contributed by atoms with Crippen molar-refractivity contribution in [2.75, 3.05) is 18.2 Å². The molecule has 0 radical (unpaired) electrons. The van der Waals surface area contributed by atoms with Gasteiger partial charge in [-0.1, -0.05) is 6.07 Å². The standard InChI is InChI=1S/C21H24N2O6S/c1-13-5-7-17(11-14(13)2)30-10-9-20(24)29-15(3)21(25)22-18-12-16(23(26)27)6-8-19(18)28-4/h5-8,11-12,15H,9-10H2,1-4H3,(H,22,25). The third-order valence-electron chi connectivity index (χ3n) is 4.38. The molecular weight excluding hydrogens is 408 g/mol. The number of esters is 1. The molecule has 9 heteroatoms. The van der Waals surface area contributed by atoms with Gasteiger partial charge in [0.25, 0.3) is 11.6 Å². The van der Waals surface area contributed by atoms with E-state index in [1.807, 2.05) is 26.0 Å². The maximum atomic E-state index is 12.3. The Bertz CT molecular complexity index is 947. The van der Waals surface area contributed by atoms with E-state index >= 15 is 0 Å². The highest BCUT2D eigenvalue weighted by Crippen LogP contribution is 2.29. The van der Waals surface area contributed by atoms with E-state index in [2.05, 4.69) is 11.4 Å². The zero-order chi connectivity index (χ0) is 22.3. The third kappa shape index (κ3) is 6.48. The molecule has 0 heterocycles. The molecule has 1 unspecified atom stereocenters. The van der Waals surface area contributed by atoms with Crippen molar-refractivity contribution in [3.8, 4) is 5.75 Å². The van der Waals surface area contributed by atoms with Crippen molar-refractivity contribution in [3.05, 3.63) is 57.6 Å². The van der Waals surface area contributed by atoms with Crippen molar-refractivity contribution in [1.29, 1.82) is 0 Å². The molecule has 1 amide bonds. The van der Waals surface area contributed by atoms with Gasteiger partial charge in [0.15, 0.2) is 6.10 Å². The lowest BCUT2D eigenvalue weighted by Crippen LogP contribution is -2.30. The predicted molar refractivity (Wildman–Crippen MR) is 115 cm³/mol. The minimum absolute atomic E-state index is 0.130. The van der Waals surface area contributed by atoms with Gasteiger partial charge in [-0.15, -0.1) is 11.8 Å². The van der Waals surface area contributed by atoms with Gasteiger partial charge < -0.3 is 14.8 Å². The van der Waals surface area contributed by atoms with Gasteiger partial charge in [-0.25, -0.2) is 0 Å². The number of nitrogens with one attached hydrogen (secondary N) is 1. The Hall–Kier alpha value is -3.07. The first-order valence-electron chi connectivity index (χ1n) is 9.24. The summed E-state index contributed by atoms with van der Waals surface area (Å²) >= 11 is 1.54. The fraction of sp³-hybridized carbons (Fsp3) is 0.333. The van der Waals surface area contributed by atoms with Crippen LogP contribution in [0, 0.1) is 24.0 Å². The molecule has 0 saturated carbocycles. The van der Waals surface area contributed by atoms with E-state index in [4.69, 9.17) is 9.47 Å². The fourth-order valence-electron chi connectivity index (χ4n) is 2.51. The molecule has 0 aliphatic heterocycles.